The number of aromatic carboxylic acids is 1. The minimum absolute atomic E-state index is 0.117. The summed E-state index contributed by atoms with van der Waals surface area (Å²) in [5.74, 6) is -0.805. The van der Waals surface area contributed by atoms with Gasteiger partial charge < -0.3 is 14.4 Å². The topological polar surface area (TPSA) is 89.1 Å². The largest absolute Gasteiger partial charge is 0.478 e. The van der Waals surface area contributed by atoms with Crippen LogP contribution in [0.5, 0.6) is 0 Å². The lowest BCUT2D eigenvalue weighted by Crippen LogP contribution is -2.01. The van der Waals surface area contributed by atoms with Crippen LogP contribution in [0.1, 0.15) is 23.0 Å². The first kappa shape index (κ1) is 15.2. The number of rotatable bonds is 3. The van der Waals surface area contributed by atoms with Crippen LogP contribution >= 0.6 is 15.9 Å². The second kappa shape index (κ2) is 5.85. The van der Waals surface area contributed by atoms with Crippen LogP contribution in [0, 0.1) is 0 Å². The number of benzene rings is 1. The summed E-state index contributed by atoms with van der Waals surface area (Å²) in [6.45, 7) is 1.65. The van der Waals surface area contributed by atoms with Crippen LogP contribution in [0.3, 0.4) is 0 Å². The van der Waals surface area contributed by atoms with Crippen LogP contribution < -0.4 is 0 Å². The highest BCUT2D eigenvalue weighted by Crippen LogP contribution is 2.29. The third-order valence-corrected chi connectivity index (χ3v) is 3.76. The summed E-state index contributed by atoms with van der Waals surface area (Å²) in [4.78, 5) is 27.4. The van der Waals surface area contributed by atoms with E-state index in [2.05, 4.69) is 25.9 Å². The van der Waals surface area contributed by atoms with Crippen molar-refractivity contribution in [3.05, 3.63) is 51.7 Å². The molecule has 0 amide bonds. The van der Waals surface area contributed by atoms with Crippen LogP contribution in [0.15, 0.2) is 50.0 Å². The number of hydrogen-bond acceptors (Lipinski definition) is 5. The summed E-state index contributed by atoms with van der Waals surface area (Å²) in [5.41, 5.74) is 1.33. The Balaban J connectivity index is 2.01. The monoisotopic (exact) mass is 375 g/mol. The van der Waals surface area contributed by atoms with Gasteiger partial charge in [-0.25, -0.2) is 9.59 Å². The van der Waals surface area contributed by atoms with Crippen molar-refractivity contribution < 1.29 is 24.0 Å². The molecule has 1 N–H and O–H groups in total. The van der Waals surface area contributed by atoms with Gasteiger partial charge in [0.25, 0.3) is 0 Å². The Kier molecular flexibility index (Phi) is 3.87. The molecule has 0 fully saturated rings. The number of furan rings is 1. The first-order valence-corrected chi connectivity index (χ1v) is 7.36. The van der Waals surface area contributed by atoms with Gasteiger partial charge in [-0.3, -0.25) is 0 Å². The van der Waals surface area contributed by atoms with Gasteiger partial charge in [-0.1, -0.05) is 21.1 Å². The normalized spacial score (nSPS) is 15.7. The maximum atomic E-state index is 11.5. The van der Waals surface area contributed by atoms with E-state index in [1.807, 2.05) is 0 Å². The van der Waals surface area contributed by atoms with Crippen LogP contribution in [-0.4, -0.2) is 22.8 Å². The summed E-state index contributed by atoms with van der Waals surface area (Å²) in [6.07, 6.45) is 1.51. The van der Waals surface area contributed by atoms with E-state index in [9.17, 15) is 14.7 Å². The van der Waals surface area contributed by atoms with E-state index in [1.54, 1.807) is 31.2 Å². The molecule has 0 aliphatic carbocycles. The van der Waals surface area contributed by atoms with Crippen molar-refractivity contribution in [1.29, 1.82) is 0 Å². The fourth-order valence-corrected chi connectivity index (χ4v) is 2.51. The molecular weight excluding hydrogens is 366 g/mol. The smallest absolute Gasteiger partial charge is 0.367 e. The lowest BCUT2D eigenvalue weighted by Gasteiger charge is -2.03. The Morgan fingerprint density at radius 1 is 1.30 bits per heavy atom. The Labute approximate surface area is 139 Å². The molecule has 6 nitrogen and oxygen atoms in total. The second-order valence-corrected chi connectivity index (χ2v) is 5.73. The van der Waals surface area contributed by atoms with Crippen molar-refractivity contribution in [3.63, 3.8) is 0 Å². The number of nitrogens with zero attached hydrogens (tertiary/aromatic N) is 1. The maximum Gasteiger partial charge on any atom is 0.367 e. The van der Waals surface area contributed by atoms with E-state index in [0.717, 1.165) is 0 Å². The van der Waals surface area contributed by atoms with E-state index in [4.69, 9.17) is 4.42 Å². The second-order valence-electron chi connectivity index (χ2n) is 4.81. The highest BCUT2D eigenvalue weighted by molar-refractivity contribution is 9.10. The molecule has 7 heteroatoms. The first-order valence-electron chi connectivity index (χ1n) is 6.57. The third-order valence-electron chi connectivity index (χ3n) is 3.27. The fourth-order valence-electron chi connectivity index (χ4n) is 2.15. The SMILES string of the molecule is CC1=NOC(=O)/C1=C\c1ccc(-c2ccc(Br)cc2C(=O)O)o1. The predicted molar refractivity (Wildman–Crippen MR) is 86.0 cm³/mol. The van der Waals surface area contributed by atoms with Gasteiger partial charge in [0.15, 0.2) is 0 Å². The van der Waals surface area contributed by atoms with Crippen LogP contribution in [0.2, 0.25) is 0 Å². The third kappa shape index (κ3) is 2.95. The molecule has 0 bridgehead atoms. The van der Waals surface area contributed by atoms with Gasteiger partial charge >= 0.3 is 11.9 Å². The molecule has 0 saturated carbocycles. The van der Waals surface area contributed by atoms with Crippen LogP contribution in [-0.2, 0) is 9.63 Å². The summed E-state index contributed by atoms with van der Waals surface area (Å²) in [7, 11) is 0. The van der Waals surface area contributed by atoms with Gasteiger partial charge in [-0.05, 0) is 43.3 Å². The van der Waals surface area contributed by atoms with Crippen molar-refractivity contribution in [3.8, 4) is 11.3 Å². The zero-order valence-corrected chi connectivity index (χ0v) is 13.5. The molecule has 23 heavy (non-hydrogen) atoms. The fraction of sp³-hybridized carbons (Fsp3) is 0.0625. The number of carbonyl (C=O) groups is 2. The molecule has 1 aromatic heterocycles. The summed E-state index contributed by atoms with van der Waals surface area (Å²) in [6, 6.07) is 8.18. The average molecular weight is 376 g/mol. The number of carbonyl (C=O) groups excluding carboxylic acids is 1. The number of halogens is 1. The molecule has 2 heterocycles. The molecule has 0 unspecified atom stereocenters. The van der Waals surface area contributed by atoms with Crippen molar-refractivity contribution >= 4 is 39.7 Å². The Hall–Kier alpha value is -2.67. The van der Waals surface area contributed by atoms with Crippen LogP contribution in [0.25, 0.3) is 17.4 Å². The van der Waals surface area contributed by atoms with E-state index in [-0.39, 0.29) is 5.56 Å². The van der Waals surface area contributed by atoms with E-state index < -0.39 is 11.9 Å². The minimum Gasteiger partial charge on any atom is -0.478 e. The van der Waals surface area contributed by atoms with Crippen molar-refractivity contribution in [2.45, 2.75) is 6.92 Å². The molecule has 1 aromatic carbocycles. The van der Waals surface area contributed by atoms with E-state index in [0.29, 0.717) is 32.8 Å². The van der Waals surface area contributed by atoms with E-state index >= 15 is 0 Å². The quantitative estimate of drug-likeness (QED) is 0.652. The molecule has 116 valence electrons. The van der Waals surface area contributed by atoms with Gasteiger partial charge in [0, 0.05) is 10.0 Å². The van der Waals surface area contributed by atoms with Gasteiger partial charge in [0.1, 0.15) is 11.5 Å². The number of carboxylic acids is 1. The molecule has 1 aliphatic heterocycles. The lowest BCUT2D eigenvalue weighted by molar-refractivity contribution is -0.136. The zero-order chi connectivity index (χ0) is 16.6. The highest BCUT2D eigenvalue weighted by Gasteiger charge is 2.22. The Morgan fingerprint density at radius 2 is 2.09 bits per heavy atom. The lowest BCUT2D eigenvalue weighted by atomic mass is 10.1. The van der Waals surface area contributed by atoms with Gasteiger partial charge in [-0.2, -0.15) is 0 Å². The van der Waals surface area contributed by atoms with Gasteiger partial charge in [-0.15, -0.1) is 0 Å². The Bertz CT molecular complexity index is 878. The average Bonchev–Trinajstić information content (AvgIpc) is 3.09. The first-order chi connectivity index (χ1) is 11.0. The van der Waals surface area contributed by atoms with Crippen molar-refractivity contribution in [1.82, 2.24) is 0 Å². The molecule has 0 spiro atoms. The van der Waals surface area contributed by atoms with Gasteiger partial charge in [0.2, 0.25) is 0 Å². The zero-order valence-electron chi connectivity index (χ0n) is 11.9. The number of hydrogen-bond donors (Lipinski definition) is 1. The molecule has 0 radical (unpaired) electrons. The Morgan fingerprint density at radius 3 is 2.74 bits per heavy atom. The molecule has 1 aliphatic rings. The van der Waals surface area contributed by atoms with Crippen LogP contribution in [0.4, 0.5) is 0 Å². The minimum atomic E-state index is -1.06. The van der Waals surface area contributed by atoms with Gasteiger partial charge in [0.05, 0.1) is 16.8 Å². The number of carboxylic acid groups (broad SMARTS) is 1. The number of oxime groups is 1. The highest BCUT2D eigenvalue weighted by atomic mass is 79.9. The summed E-state index contributed by atoms with van der Waals surface area (Å²) >= 11 is 3.25. The standard InChI is InChI=1S/C16H10BrNO5/c1-8-12(16(21)23-18-8)7-10-3-5-14(22-10)11-4-2-9(17)6-13(11)15(19)20/h2-7H,1H3,(H,19,20)/b12-7-. The van der Waals surface area contributed by atoms with Crippen molar-refractivity contribution in [2.24, 2.45) is 5.16 Å². The molecule has 2 aromatic rings. The van der Waals surface area contributed by atoms with E-state index in [1.165, 1.54) is 12.1 Å². The molecule has 0 atom stereocenters. The summed E-state index contributed by atoms with van der Waals surface area (Å²) in [5, 5.41) is 12.9. The summed E-state index contributed by atoms with van der Waals surface area (Å²) < 4.78 is 6.30. The van der Waals surface area contributed by atoms with Crippen molar-refractivity contribution in [2.75, 3.05) is 0 Å². The predicted octanol–water partition coefficient (Wildman–Crippen LogP) is 3.72. The molecular formula is C16H10BrNO5. The molecule has 3 rings (SSSR count). The maximum absolute atomic E-state index is 11.5. The molecule has 0 saturated heterocycles.